The first kappa shape index (κ1) is 20.0. The summed E-state index contributed by atoms with van der Waals surface area (Å²) in [4.78, 5) is 0.108. The molecule has 3 rings (SSSR count). The average Bonchev–Trinajstić information content (AvgIpc) is 3.37. The lowest BCUT2D eigenvalue weighted by atomic mass is 10.0. The van der Waals surface area contributed by atoms with E-state index in [2.05, 4.69) is 11.6 Å². The van der Waals surface area contributed by atoms with Gasteiger partial charge in [0.25, 0.3) is 0 Å². The maximum atomic E-state index is 12.9. The van der Waals surface area contributed by atoms with E-state index in [1.54, 1.807) is 0 Å². The topological polar surface area (TPSA) is 83.5 Å². The van der Waals surface area contributed by atoms with Crippen LogP contribution in [0.4, 0.5) is 0 Å². The Morgan fingerprint density at radius 2 is 1.44 bits per heavy atom. The highest BCUT2D eigenvalue weighted by molar-refractivity contribution is 7.89. The standard InChI is InChI=1S/C19H24N2O4S2/c1-14-13-18(14)19(15-7-5-4-6-8-15)20-26(22,23)16-9-11-17(12-10-16)27(24,25)21(2)3/h4-12,14,18-20H,13H2,1-3H3. The Bertz CT molecular complexity index is 1000. The molecule has 3 atom stereocenters. The Labute approximate surface area is 161 Å². The van der Waals surface area contributed by atoms with Crippen LogP contribution >= 0.6 is 0 Å². The van der Waals surface area contributed by atoms with Crippen molar-refractivity contribution in [2.45, 2.75) is 29.2 Å². The summed E-state index contributed by atoms with van der Waals surface area (Å²) in [6.45, 7) is 2.11. The second-order valence-electron chi connectivity index (χ2n) is 7.15. The van der Waals surface area contributed by atoms with Crippen molar-refractivity contribution in [3.8, 4) is 0 Å². The van der Waals surface area contributed by atoms with E-state index >= 15 is 0 Å². The zero-order valence-corrected chi connectivity index (χ0v) is 17.2. The molecule has 8 heteroatoms. The monoisotopic (exact) mass is 408 g/mol. The fourth-order valence-electron chi connectivity index (χ4n) is 3.12. The lowest BCUT2D eigenvalue weighted by molar-refractivity contribution is 0.512. The summed E-state index contributed by atoms with van der Waals surface area (Å²) >= 11 is 0. The molecule has 0 aromatic heterocycles. The van der Waals surface area contributed by atoms with Crippen molar-refractivity contribution in [3.05, 3.63) is 60.2 Å². The number of hydrogen-bond donors (Lipinski definition) is 1. The van der Waals surface area contributed by atoms with Gasteiger partial charge >= 0.3 is 0 Å². The zero-order valence-electron chi connectivity index (χ0n) is 15.5. The fourth-order valence-corrected chi connectivity index (χ4v) is 5.29. The molecule has 1 saturated carbocycles. The molecule has 1 fully saturated rings. The summed E-state index contributed by atoms with van der Waals surface area (Å²) in [6.07, 6.45) is 0.974. The van der Waals surface area contributed by atoms with Gasteiger partial charge in [-0.15, -0.1) is 0 Å². The molecule has 27 heavy (non-hydrogen) atoms. The van der Waals surface area contributed by atoms with Gasteiger partial charge in [0.15, 0.2) is 0 Å². The van der Waals surface area contributed by atoms with Crippen molar-refractivity contribution in [3.63, 3.8) is 0 Å². The molecule has 1 aliphatic rings. The highest BCUT2D eigenvalue weighted by Gasteiger charge is 2.42. The maximum absolute atomic E-state index is 12.9. The first-order valence-electron chi connectivity index (χ1n) is 8.73. The molecule has 0 radical (unpaired) electrons. The Hall–Kier alpha value is -1.74. The van der Waals surface area contributed by atoms with Crippen LogP contribution in [0, 0.1) is 11.8 Å². The van der Waals surface area contributed by atoms with Crippen LogP contribution in [0.1, 0.15) is 24.9 Å². The third kappa shape index (κ3) is 4.24. The average molecular weight is 409 g/mol. The van der Waals surface area contributed by atoms with Crippen molar-refractivity contribution in [2.75, 3.05) is 14.1 Å². The van der Waals surface area contributed by atoms with Crippen LogP contribution in [0.25, 0.3) is 0 Å². The molecule has 0 saturated heterocycles. The van der Waals surface area contributed by atoms with Crippen LogP contribution in [-0.4, -0.2) is 35.2 Å². The molecule has 0 bridgehead atoms. The van der Waals surface area contributed by atoms with E-state index < -0.39 is 20.0 Å². The van der Waals surface area contributed by atoms with Gasteiger partial charge in [0.2, 0.25) is 20.0 Å². The third-order valence-electron chi connectivity index (χ3n) is 4.95. The minimum Gasteiger partial charge on any atom is -0.207 e. The first-order chi connectivity index (χ1) is 12.6. The van der Waals surface area contributed by atoms with E-state index in [0.717, 1.165) is 16.3 Å². The van der Waals surface area contributed by atoms with Gasteiger partial charge in [-0.2, -0.15) is 0 Å². The predicted molar refractivity (Wildman–Crippen MR) is 104 cm³/mol. The maximum Gasteiger partial charge on any atom is 0.242 e. The van der Waals surface area contributed by atoms with Crippen molar-refractivity contribution >= 4 is 20.0 Å². The largest absolute Gasteiger partial charge is 0.242 e. The van der Waals surface area contributed by atoms with Gasteiger partial charge in [-0.3, -0.25) is 0 Å². The van der Waals surface area contributed by atoms with E-state index in [-0.39, 0.29) is 21.8 Å². The van der Waals surface area contributed by atoms with Crippen molar-refractivity contribution in [1.82, 2.24) is 9.03 Å². The molecule has 2 aromatic rings. The highest BCUT2D eigenvalue weighted by Crippen LogP contribution is 2.47. The van der Waals surface area contributed by atoms with Gasteiger partial charge in [0.1, 0.15) is 0 Å². The number of nitrogens with one attached hydrogen (secondary N) is 1. The Morgan fingerprint density at radius 3 is 1.93 bits per heavy atom. The molecule has 0 aliphatic heterocycles. The quantitative estimate of drug-likeness (QED) is 0.763. The van der Waals surface area contributed by atoms with Gasteiger partial charge in [-0.1, -0.05) is 37.3 Å². The summed E-state index contributed by atoms with van der Waals surface area (Å²) in [5, 5.41) is 0. The summed E-state index contributed by atoms with van der Waals surface area (Å²) in [5.74, 6) is 0.723. The molecular formula is C19H24N2O4S2. The summed E-state index contributed by atoms with van der Waals surface area (Å²) in [6, 6.07) is 14.5. The van der Waals surface area contributed by atoms with E-state index in [9.17, 15) is 16.8 Å². The molecule has 0 amide bonds. The Balaban J connectivity index is 1.87. The molecule has 0 heterocycles. The minimum atomic E-state index is -3.78. The lowest BCUT2D eigenvalue weighted by Gasteiger charge is -2.19. The summed E-state index contributed by atoms with van der Waals surface area (Å²) in [7, 11) is -4.51. The number of benzene rings is 2. The Kier molecular flexibility index (Phi) is 5.45. The second kappa shape index (κ2) is 7.35. The SMILES string of the molecule is CC1CC1C(NS(=O)(=O)c1ccc(S(=O)(=O)N(C)C)cc1)c1ccccc1. The third-order valence-corrected chi connectivity index (χ3v) is 8.24. The van der Waals surface area contributed by atoms with Crippen molar-refractivity contribution in [1.29, 1.82) is 0 Å². The molecule has 1 N–H and O–H groups in total. The van der Waals surface area contributed by atoms with E-state index in [0.29, 0.717) is 5.92 Å². The highest BCUT2D eigenvalue weighted by atomic mass is 32.2. The van der Waals surface area contributed by atoms with Gasteiger partial charge in [-0.25, -0.2) is 25.9 Å². The van der Waals surface area contributed by atoms with Crippen LogP contribution in [0.3, 0.4) is 0 Å². The van der Waals surface area contributed by atoms with Crippen LogP contribution in [0.2, 0.25) is 0 Å². The predicted octanol–water partition coefficient (Wildman–Crippen LogP) is 2.61. The molecule has 2 aromatic carbocycles. The van der Waals surface area contributed by atoms with Crippen molar-refractivity contribution in [2.24, 2.45) is 11.8 Å². The number of rotatable bonds is 7. The smallest absolute Gasteiger partial charge is 0.207 e. The number of nitrogens with zero attached hydrogens (tertiary/aromatic N) is 1. The van der Waals surface area contributed by atoms with Gasteiger partial charge in [0, 0.05) is 14.1 Å². The summed E-state index contributed by atoms with van der Waals surface area (Å²) in [5.41, 5.74) is 0.933. The molecule has 0 spiro atoms. The molecule has 3 unspecified atom stereocenters. The van der Waals surface area contributed by atoms with Gasteiger partial charge in [0.05, 0.1) is 15.8 Å². The van der Waals surface area contributed by atoms with Crippen LogP contribution in [0.15, 0.2) is 64.4 Å². The van der Waals surface area contributed by atoms with Crippen LogP contribution in [-0.2, 0) is 20.0 Å². The van der Waals surface area contributed by atoms with Crippen LogP contribution < -0.4 is 4.72 Å². The zero-order chi connectivity index (χ0) is 19.8. The second-order valence-corrected chi connectivity index (χ2v) is 11.0. The Morgan fingerprint density at radius 1 is 0.926 bits per heavy atom. The van der Waals surface area contributed by atoms with E-state index in [4.69, 9.17) is 0 Å². The molecule has 6 nitrogen and oxygen atoms in total. The lowest BCUT2D eigenvalue weighted by Crippen LogP contribution is -2.30. The first-order valence-corrected chi connectivity index (χ1v) is 11.6. The molecule has 146 valence electrons. The number of hydrogen-bond acceptors (Lipinski definition) is 4. The van der Waals surface area contributed by atoms with E-state index in [1.807, 2.05) is 30.3 Å². The number of sulfonamides is 2. The molecule has 1 aliphatic carbocycles. The van der Waals surface area contributed by atoms with Gasteiger partial charge in [-0.05, 0) is 48.1 Å². The summed E-state index contributed by atoms with van der Waals surface area (Å²) < 4.78 is 54.0. The van der Waals surface area contributed by atoms with Crippen LogP contribution in [0.5, 0.6) is 0 Å². The molecular weight excluding hydrogens is 384 g/mol. The minimum absolute atomic E-state index is 0.0504. The fraction of sp³-hybridized carbons (Fsp3) is 0.368. The van der Waals surface area contributed by atoms with Crippen molar-refractivity contribution < 1.29 is 16.8 Å². The van der Waals surface area contributed by atoms with E-state index in [1.165, 1.54) is 38.4 Å². The van der Waals surface area contributed by atoms with Gasteiger partial charge < -0.3 is 0 Å². The normalized spacial score (nSPS) is 21.2.